The highest BCUT2D eigenvalue weighted by atomic mass is 32.1. The molecule has 0 atom stereocenters. The van der Waals surface area contributed by atoms with Crippen LogP contribution in [0.4, 0.5) is 0 Å². The molecule has 9 heteroatoms. The zero-order valence-corrected chi connectivity index (χ0v) is 16.9. The quantitative estimate of drug-likeness (QED) is 0.528. The molecule has 0 spiro atoms. The van der Waals surface area contributed by atoms with Crippen LogP contribution < -0.4 is 10.9 Å². The Morgan fingerprint density at radius 2 is 2.00 bits per heavy atom. The maximum absolute atomic E-state index is 12.3. The summed E-state index contributed by atoms with van der Waals surface area (Å²) in [5.41, 5.74) is 3.15. The van der Waals surface area contributed by atoms with E-state index in [2.05, 4.69) is 20.4 Å². The predicted octanol–water partition coefficient (Wildman–Crippen LogP) is 2.15. The molecule has 0 unspecified atom stereocenters. The van der Waals surface area contributed by atoms with Gasteiger partial charge in [0.1, 0.15) is 12.2 Å². The topological polar surface area (TPSA) is 94.7 Å². The molecule has 0 aliphatic carbocycles. The first-order valence-corrected chi connectivity index (χ1v) is 10.0. The molecule has 0 saturated carbocycles. The molecule has 0 radical (unpaired) electrons. The van der Waals surface area contributed by atoms with Gasteiger partial charge in [-0.05, 0) is 32.0 Å². The third kappa shape index (κ3) is 4.09. The summed E-state index contributed by atoms with van der Waals surface area (Å²) in [5.74, 6) is -0.147. The van der Waals surface area contributed by atoms with Gasteiger partial charge in [0.25, 0.3) is 5.56 Å². The first-order valence-electron chi connectivity index (χ1n) is 9.20. The summed E-state index contributed by atoms with van der Waals surface area (Å²) in [6, 6.07) is 10.9. The number of carbonyl (C=O) groups excluding carboxylic acids is 1. The van der Waals surface area contributed by atoms with Crippen molar-refractivity contribution in [3.05, 3.63) is 63.8 Å². The Morgan fingerprint density at radius 3 is 2.79 bits per heavy atom. The molecule has 4 aromatic rings. The highest BCUT2D eigenvalue weighted by Gasteiger charge is 2.11. The Labute approximate surface area is 170 Å². The third-order valence-electron chi connectivity index (χ3n) is 4.49. The first kappa shape index (κ1) is 19.0. The van der Waals surface area contributed by atoms with Gasteiger partial charge in [-0.25, -0.2) is 14.6 Å². The van der Waals surface area contributed by atoms with E-state index < -0.39 is 0 Å². The third-order valence-corrected chi connectivity index (χ3v) is 5.59. The number of nitrogens with one attached hydrogen (secondary N) is 1. The Kier molecular flexibility index (Phi) is 5.22. The molecule has 0 saturated heterocycles. The monoisotopic (exact) mass is 408 g/mol. The Balaban J connectivity index is 1.40. The van der Waals surface area contributed by atoms with Crippen molar-refractivity contribution in [3.8, 4) is 10.6 Å². The van der Waals surface area contributed by atoms with E-state index in [1.807, 2.05) is 38.1 Å². The zero-order valence-electron chi connectivity index (χ0n) is 16.1. The smallest absolute Gasteiger partial charge is 0.266 e. The van der Waals surface area contributed by atoms with Crippen molar-refractivity contribution in [1.29, 1.82) is 0 Å². The molecule has 1 aromatic carbocycles. The molecule has 1 N–H and O–H groups in total. The minimum atomic E-state index is -0.206. The number of fused-ring (bicyclic) bond motifs is 1. The van der Waals surface area contributed by atoms with E-state index in [0.717, 1.165) is 26.6 Å². The summed E-state index contributed by atoms with van der Waals surface area (Å²) < 4.78 is 3.17. The molecule has 148 valence electrons. The number of hydrogen-bond donors (Lipinski definition) is 1. The number of para-hydroxylation sites is 2. The van der Waals surface area contributed by atoms with Crippen LogP contribution in [0.2, 0.25) is 0 Å². The Bertz CT molecular complexity index is 1240. The molecule has 0 aliphatic heterocycles. The van der Waals surface area contributed by atoms with Crippen molar-refractivity contribution in [3.63, 3.8) is 0 Å². The molecule has 29 heavy (non-hydrogen) atoms. The van der Waals surface area contributed by atoms with Crippen LogP contribution in [0.15, 0.2) is 47.5 Å². The van der Waals surface area contributed by atoms with E-state index >= 15 is 0 Å². The van der Waals surface area contributed by atoms with Crippen molar-refractivity contribution in [2.24, 2.45) is 0 Å². The van der Waals surface area contributed by atoms with Crippen LogP contribution in [-0.2, 0) is 17.9 Å². The zero-order chi connectivity index (χ0) is 20.4. The summed E-state index contributed by atoms with van der Waals surface area (Å²) >= 11 is 1.55. The van der Waals surface area contributed by atoms with Crippen molar-refractivity contribution < 1.29 is 4.79 Å². The van der Waals surface area contributed by atoms with Gasteiger partial charge in [0.05, 0.1) is 39.5 Å². The van der Waals surface area contributed by atoms with Gasteiger partial charge in [-0.1, -0.05) is 12.1 Å². The number of imidazole rings is 1. The van der Waals surface area contributed by atoms with Gasteiger partial charge in [-0.2, -0.15) is 5.10 Å². The average molecular weight is 408 g/mol. The van der Waals surface area contributed by atoms with Gasteiger partial charge in [0, 0.05) is 12.6 Å². The molecule has 0 fully saturated rings. The lowest BCUT2D eigenvalue weighted by Gasteiger charge is -2.09. The van der Waals surface area contributed by atoms with E-state index in [9.17, 15) is 9.59 Å². The number of carbonyl (C=O) groups is 1. The molecule has 0 bridgehead atoms. The summed E-state index contributed by atoms with van der Waals surface area (Å²) in [6.07, 6.45) is 1.65. The largest absolute Gasteiger partial charge is 0.353 e. The van der Waals surface area contributed by atoms with Crippen LogP contribution in [0, 0.1) is 13.8 Å². The second kappa shape index (κ2) is 7.96. The fourth-order valence-electron chi connectivity index (χ4n) is 3.15. The van der Waals surface area contributed by atoms with Gasteiger partial charge < -0.3 is 9.88 Å². The van der Waals surface area contributed by atoms with Gasteiger partial charge in [-0.15, -0.1) is 11.3 Å². The van der Waals surface area contributed by atoms with Gasteiger partial charge in [-0.3, -0.25) is 9.59 Å². The van der Waals surface area contributed by atoms with E-state index in [4.69, 9.17) is 0 Å². The average Bonchev–Trinajstić information content (AvgIpc) is 3.26. The molecular formula is C20H20N6O2S. The van der Waals surface area contributed by atoms with E-state index in [1.54, 1.807) is 28.3 Å². The van der Waals surface area contributed by atoms with Crippen LogP contribution in [0.25, 0.3) is 21.6 Å². The highest BCUT2D eigenvalue weighted by Crippen LogP contribution is 2.27. The fraction of sp³-hybridized carbons (Fsp3) is 0.250. The van der Waals surface area contributed by atoms with Crippen molar-refractivity contribution in [2.75, 3.05) is 6.54 Å². The Hall–Kier alpha value is -3.33. The molecule has 1 amide bonds. The number of thiazole rings is 1. The van der Waals surface area contributed by atoms with Gasteiger partial charge >= 0.3 is 0 Å². The van der Waals surface area contributed by atoms with Crippen LogP contribution in [0.3, 0.4) is 0 Å². The van der Waals surface area contributed by atoms with Crippen molar-refractivity contribution in [2.45, 2.75) is 26.9 Å². The van der Waals surface area contributed by atoms with Crippen LogP contribution >= 0.6 is 11.3 Å². The summed E-state index contributed by atoms with van der Waals surface area (Å²) in [4.78, 5) is 34.1. The lowest BCUT2D eigenvalue weighted by molar-refractivity contribution is -0.121. The number of nitrogens with zero attached hydrogens (tertiary/aromatic N) is 5. The van der Waals surface area contributed by atoms with Crippen molar-refractivity contribution in [1.82, 2.24) is 29.6 Å². The standard InChI is InChI=1S/C20H20N6O2S/c1-13-20(29-14(2)23-13)16-7-8-19(28)26(24-16)10-9-21-18(27)11-25-12-22-15-5-3-4-6-17(15)25/h3-8,12H,9-11H2,1-2H3,(H,21,27). The molecule has 3 heterocycles. The molecule has 0 aliphatic rings. The Morgan fingerprint density at radius 1 is 1.17 bits per heavy atom. The van der Waals surface area contributed by atoms with E-state index in [-0.39, 0.29) is 18.0 Å². The minimum Gasteiger partial charge on any atom is -0.353 e. The molecule has 3 aromatic heterocycles. The summed E-state index contributed by atoms with van der Waals surface area (Å²) in [5, 5.41) is 8.23. The number of amides is 1. The van der Waals surface area contributed by atoms with Crippen LogP contribution in [0.1, 0.15) is 10.7 Å². The number of aryl methyl sites for hydroxylation is 2. The highest BCUT2D eigenvalue weighted by molar-refractivity contribution is 7.15. The summed E-state index contributed by atoms with van der Waals surface area (Å²) in [7, 11) is 0. The van der Waals surface area contributed by atoms with Crippen LogP contribution in [0.5, 0.6) is 0 Å². The van der Waals surface area contributed by atoms with E-state index in [1.165, 1.54) is 10.7 Å². The van der Waals surface area contributed by atoms with Gasteiger partial charge in [0.2, 0.25) is 5.91 Å². The maximum atomic E-state index is 12.3. The first-order chi connectivity index (χ1) is 14.0. The molecular weight excluding hydrogens is 388 g/mol. The number of benzene rings is 1. The number of hydrogen-bond acceptors (Lipinski definition) is 6. The van der Waals surface area contributed by atoms with Crippen molar-refractivity contribution >= 4 is 28.3 Å². The second-order valence-electron chi connectivity index (χ2n) is 6.64. The molecule has 8 nitrogen and oxygen atoms in total. The normalized spacial score (nSPS) is 11.1. The second-order valence-corrected chi connectivity index (χ2v) is 7.84. The number of aromatic nitrogens is 5. The lowest BCUT2D eigenvalue weighted by atomic mass is 10.3. The predicted molar refractivity (Wildman–Crippen MR) is 112 cm³/mol. The minimum absolute atomic E-state index is 0.147. The number of rotatable bonds is 6. The van der Waals surface area contributed by atoms with Gasteiger partial charge in [0.15, 0.2) is 0 Å². The maximum Gasteiger partial charge on any atom is 0.266 e. The van der Waals surface area contributed by atoms with E-state index in [0.29, 0.717) is 18.8 Å². The van der Waals surface area contributed by atoms with Crippen LogP contribution in [-0.4, -0.2) is 36.8 Å². The summed E-state index contributed by atoms with van der Waals surface area (Å²) in [6.45, 7) is 4.64. The SMILES string of the molecule is Cc1nc(C)c(-c2ccc(=O)n(CCNC(=O)Cn3cnc4ccccc43)n2)s1. The lowest BCUT2D eigenvalue weighted by Crippen LogP contribution is -2.33. The molecule has 4 rings (SSSR count). The fourth-order valence-corrected chi connectivity index (χ4v) is 4.03.